The molecule has 7 heteroatoms. The topological polar surface area (TPSA) is 64.2 Å². The summed E-state index contributed by atoms with van der Waals surface area (Å²) in [7, 11) is 0. The van der Waals surface area contributed by atoms with E-state index in [1.807, 2.05) is 36.4 Å². The molecule has 0 unspecified atom stereocenters. The Morgan fingerprint density at radius 3 is 2.53 bits per heavy atom. The van der Waals surface area contributed by atoms with Gasteiger partial charge in [0.1, 0.15) is 18.7 Å². The van der Waals surface area contributed by atoms with E-state index in [-0.39, 0.29) is 17.1 Å². The maximum atomic E-state index is 13.4. The lowest BCUT2D eigenvalue weighted by Gasteiger charge is -2.29. The number of fused-ring (bicyclic) bond motifs is 2. The number of nitrogens with zero attached hydrogens (tertiary/aromatic N) is 1. The van der Waals surface area contributed by atoms with E-state index in [1.165, 1.54) is 4.90 Å². The molecule has 0 spiro atoms. The molecule has 1 N–H and O–H groups in total. The van der Waals surface area contributed by atoms with Gasteiger partial charge < -0.3 is 19.0 Å². The van der Waals surface area contributed by atoms with Crippen LogP contribution in [-0.4, -0.2) is 50.2 Å². The van der Waals surface area contributed by atoms with Gasteiger partial charge in [-0.25, -0.2) is 0 Å². The van der Waals surface area contributed by atoms with E-state index in [1.54, 1.807) is 17.0 Å². The minimum absolute atomic E-state index is 0.130. The summed E-state index contributed by atoms with van der Waals surface area (Å²) in [6.07, 6.45) is 0. The summed E-state index contributed by atoms with van der Waals surface area (Å²) in [6.45, 7) is 4.70. The molecule has 30 heavy (non-hydrogen) atoms. The number of morpholine rings is 1. The second kappa shape index (κ2) is 7.98. The van der Waals surface area contributed by atoms with E-state index in [4.69, 9.17) is 9.15 Å². The Hall–Kier alpha value is -2.48. The highest BCUT2D eigenvalue weighted by molar-refractivity contribution is 9.10. The number of amides is 1. The number of rotatable bonds is 4. The van der Waals surface area contributed by atoms with E-state index in [2.05, 4.69) is 15.9 Å². The van der Waals surface area contributed by atoms with E-state index >= 15 is 0 Å². The Morgan fingerprint density at radius 2 is 1.77 bits per heavy atom. The molecule has 1 atom stereocenters. The molecule has 2 aromatic carbocycles. The van der Waals surface area contributed by atoms with Crippen molar-refractivity contribution in [2.24, 2.45) is 0 Å². The lowest BCUT2D eigenvalue weighted by atomic mass is 9.98. The van der Waals surface area contributed by atoms with Gasteiger partial charge in [-0.3, -0.25) is 9.59 Å². The predicted molar refractivity (Wildman–Crippen MR) is 116 cm³/mol. The first-order valence-corrected chi connectivity index (χ1v) is 11.0. The first-order valence-electron chi connectivity index (χ1n) is 10.2. The minimum atomic E-state index is -0.443. The van der Waals surface area contributed by atoms with Gasteiger partial charge in [-0.1, -0.05) is 40.2 Å². The number of hydrogen-bond donors (Lipinski definition) is 1. The molecule has 0 aliphatic carbocycles. The predicted octanol–water partition coefficient (Wildman–Crippen LogP) is 2.02. The molecular weight excluding hydrogens is 448 g/mol. The number of hydrogen-bond acceptors (Lipinski definition) is 4. The third-order valence-corrected chi connectivity index (χ3v) is 6.49. The molecule has 6 nitrogen and oxygen atoms in total. The monoisotopic (exact) mass is 469 g/mol. The van der Waals surface area contributed by atoms with Gasteiger partial charge in [-0.15, -0.1) is 0 Å². The summed E-state index contributed by atoms with van der Waals surface area (Å²) >= 11 is 3.47. The van der Waals surface area contributed by atoms with Crippen LogP contribution in [0.3, 0.4) is 0 Å². The molecule has 3 heterocycles. The van der Waals surface area contributed by atoms with Gasteiger partial charge in [0.2, 0.25) is 5.76 Å². The molecule has 0 radical (unpaired) electrons. The first-order chi connectivity index (χ1) is 14.6. The van der Waals surface area contributed by atoms with Crippen molar-refractivity contribution in [2.45, 2.75) is 6.04 Å². The highest BCUT2D eigenvalue weighted by Gasteiger charge is 2.43. The van der Waals surface area contributed by atoms with Crippen LogP contribution in [0.1, 0.15) is 27.7 Å². The Balaban J connectivity index is 1.59. The summed E-state index contributed by atoms with van der Waals surface area (Å²) < 4.78 is 12.4. The van der Waals surface area contributed by atoms with Crippen molar-refractivity contribution in [3.05, 3.63) is 80.1 Å². The summed E-state index contributed by atoms with van der Waals surface area (Å²) in [5, 5.41) is 0.506. The smallest absolute Gasteiger partial charge is 0.291 e. The van der Waals surface area contributed by atoms with Crippen LogP contribution in [-0.2, 0) is 4.74 Å². The second-order valence-electron chi connectivity index (χ2n) is 7.74. The van der Waals surface area contributed by atoms with Crippen molar-refractivity contribution in [3.8, 4) is 0 Å². The fourth-order valence-electron chi connectivity index (χ4n) is 4.38. The van der Waals surface area contributed by atoms with Crippen LogP contribution in [0.4, 0.5) is 0 Å². The standard InChI is InChI=1S/C23H21BrN2O4/c24-16-7-5-15(6-8-16)20-19-21(27)17-3-1-2-4-18(17)30-22(19)23(28)26(20)10-9-25-11-13-29-14-12-25/h1-8,20H,9-14H2/p+1/t20-/m1/s1. The molecule has 1 amide bonds. The van der Waals surface area contributed by atoms with E-state index in [9.17, 15) is 9.59 Å². The Bertz CT molecular complexity index is 1150. The lowest BCUT2D eigenvalue weighted by molar-refractivity contribution is -0.907. The molecular formula is C23H22BrN2O4+. The van der Waals surface area contributed by atoms with Crippen LogP contribution in [0.2, 0.25) is 0 Å². The minimum Gasteiger partial charge on any atom is -0.450 e. The number of para-hydroxylation sites is 1. The van der Waals surface area contributed by atoms with Gasteiger partial charge in [0.15, 0.2) is 5.43 Å². The molecule has 2 aliphatic heterocycles. The van der Waals surface area contributed by atoms with Crippen molar-refractivity contribution < 1.29 is 18.8 Å². The van der Waals surface area contributed by atoms with E-state index < -0.39 is 6.04 Å². The van der Waals surface area contributed by atoms with Crippen molar-refractivity contribution in [2.75, 3.05) is 39.4 Å². The van der Waals surface area contributed by atoms with Gasteiger partial charge in [0.05, 0.1) is 43.3 Å². The van der Waals surface area contributed by atoms with Crippen LogP contribution >= 0.6 is 15.9 Å². The summed E-state index contributed by atoms with van der Waals surface area (Å²) in [6, 6.07) is 14.5. The zero-order valence-corrected chi connectivity index (χ0v) is 18.0. The quantitative estimate of drug-likeness (QED) is 0.634. The van der Waals surface area contributed by atoms with Gasteiger partial charge in [0.25, 0.3) is 5.91 Å². The zero-order chi connectivity index (χ0) is 20.7. The number of quaternary nitrogens is 1. The largest absolute Gasteiger partial charge is 0.450 e. The van der Waals surface area contributed by atoms with Crippen LogP contribution in [0.25, 0.3) is 11.0 Å². The average molecular weight is 470 g/mol. The van der Waals surface area contributed by atoms with E-state index in [0.29, 0.717) is 23.1 Å². The highest BCUT2D eigenvalue weighted by Crippen LogP contribution is 2.38. The zero-order valence-electron chi connectivity index (χ0n) is 16.4. The maximum Gasteiger partial charge on any atom is 0.291 e. The molecule has 1 aromatic heterocycles. The third-order valence-electron chi connectivity index (χ3n) is 5.97. The van der Waals surface area contributed by atoms with Crippen molar-refractivity contribution in [1.29, 1.82) is 0 Å². The molecule has 154 valence electrons. The molecule has 0 saturated carbocycles. The second-order valence-corrected chi connectivity index (χ2v) is 8.65. The maximum absolute atomic E-state index is 13.4. The van der Waals surface area contributed by atoms with Crippen molar-refractivity contribution in [1.82, 2.24) is 4.90 Å². The Labute approximate surface area is 182 Å². The SMILES string of the molecule is O=C1c2oc3ccccc3c(=O)c2[C@@H](c2ccc(Br)cc2)N1CC[NH+]1CCOCC1. The highest BCUT2D eigenvalue weighted by atomic mass is 79.9. The molecule has 1 saturated heterocycles. The summed E-state index contributed by atoms with van der Waals surface area (Å²) in [5.41, 5.74) is 1.67. The van der Waals surface area contributed by atoms with E-state index in [0.717, 1.165) is 42.9 Å². The molecule has 5 rings (SSSR count). The Morgan fingerprint density at radius 1 is 1.03 bits per heavy atom. The summed E-state index contributed by atoms with van der Waals surface area (Å²) in [4.78, 5) is 30.0. The van der Waals surface area contributed by atoms with Crippen LogP contribution < -0.4 is 10.3 Å². The lowest BCUT2D eigenvalue weighted by Crippen LogP contribution is -3.14. The van der Waals surface area contributed by atoms with Crippen molar-refractivity contribution >= 4 is 32.8 Å². The number of nitrogens with one attached hydrogen (secondary N) is 1. The van der Waals surface area contributed by atoms with Crippen LogP contribution in [0.15, 0.2) is 62.2 Å². The normalized spacial score (nSPS) is 19.4. The number of benzene rings is 2. The van der Waals surface area contributed by atoms with Crippen LogP contribution in [0, 0.1) is 0 Å². The number of carbonyl (C=O) groups is 1. The third kappa shape index (κ3) is 3.37. The number of ether oxygens (including phenoxy) is 1. The van der Waals surface area contributed by atoms with Gasteiger partial charge in [-0.05, 0) is 29.8 Å². The molecule has 2 aliphatic rings. The molecule has 1 fully saturated rings. The first kappa shape index (κ1) is 19.5. The van der Waals surface area contributed by atoms with Gasteiger partial charge in [0, 0.05) is 4.47 Å². The van der Waals surface area contributed by atoms with Crippen LogP contribution in [0.5, 0.6) is 0 Å². The Kier molecular flexibility index (Phi) is 5.18. The number of halogens is 1. The van der Waals surface area contributed by atoms with Crippen molar-refractivity contribution in [3.63, 3.8) is 0 Å². The van der Waals surface area contributed by atoms with Gasteiger partial charge in [-0.2, -0.15) is 0 Å². The summed E-state index contributed by atoms with van der Waals surface area (Å²) in [5.74, 6) is -0.0444. The molecule has 3 aromatic rings. The number of carbonyl (C=O) groups excluding carboxylic acids is 1. The fourth-order valence-corrected chi connectivity index (χ4v) is 4.64. The van der Waals surface area contributed by atoms with Gasteiger partial charge >= 0.3 is 0 Å². The molecule has 0 bridgehead atoms. The fraction of sp³-hybridized carbons (Fsp3) is 0.304. The average Bonchev–Trinajstić information content (AvgIpc) is 3.06.